The number of nitrogens with one attached hydrogen (secondary N) is 1. The molecule has 3 fully saturated rings. The highest BCUT2D eigenvalue weighted by molar-refractivity contribution is 7.99. The molecule has 6 nitrogen and oxygen atoms in total. The van der Waals surface area contributed by atoms with E-state index in [0.717, 1.165) is 24.6 Å². The Labute approximate surface area is 156 Å². The van der Waals surface area contributed by atoms with E-state index in [1.54, 1.807) is 12.1 Å². The number of amides is 2. The van der Waals surface area contributed by atoms with Gasteiger partial charge in [0.25, 0.3) is 0 Å². The third-order valence-corrected chi connectivity index (χ3v) is 6.60. The van der Waals surface area contributed by atoms with E-state index in [4.69, 9.17) is 4.74 Å². The van der Waals surface area contributed by atoms with Crippen molar-refractivity contribution in [3.05, 3.63) is 24.0 Å². The van der Waals surface area contributed by atoms with Gasteiger partial charge < -0.3 is 15.0 Å². The maximum absolute atomic E-state index is 14.7. The second-order valence-electron chi connectivity index (χ2n) is 7.15. The largest absolute Gasteiger partial charge is 0.442 e. The number of carbonyl (C=O) groups is 2. The highest BCUT2D eigenvalue weighted by atomic mass is 32.2. The normalized spacial score (nSPS) is 27.6. The minimum Gasteiger partial charge on any atom is -0.442 e. The van der Waals surface area contributed by atoms with Crippen molar-refractivity contribution in [2.24, 2.45) is 11.8 Å². The van der Waals surface area contributed by atoms with Crippen LogP contribution in [0, 0.1) is 17.7 Å². The number of thioether (sulfide) groups is 1. The third-order valence-electron chi connectivity index (χ3n) is 5.28. The van der Waals surface area contributed by atoms with Gasteiger partial charge in [0.05, 0.1) is 24.5 Å². The summed E-state index contributed by atoms with van der Waals surface area (Å²) >= 11 is 1.99. The van der Waals surface area contributed by atoms with Gasteiger partial charge in [-0.25, -0.2) is 9.18 Å². The molecule has 3 aliphatic rings. The number of carbonyl (C=O) groups excluding carboxylic acids is 2. The second kappa shape index (κ2) is 6.98. The topological polar surface area (TPSA) is 61.9 Å². The number of hydrogen-bond acceptors (Lipinski definition) is 5. The molecule has 8 heteroatoms. The predicted octanol–water partition coefficient (Wildman–Crippen LogP) is 2.09. The second-order valence-corrected chi connectivity index (χ2v) is 8.23. The fraction of sp³-hybridized carbons (Fsp3) is 0.556. The molecule has 3 unspecified atom stereocenters. The van der Waals surface area contributed by atoms with Gasteiger partial charge in [-0.2, -0.15) is 11.8 Å². The van der Waals surface area contributed by atoms with Gasteiger partial charge in [-0.05, 0) is 41.5 Å². The third kappa shape index (κ3) is 3.34. The van der Waals surface area contributed by atoms with Crippen molar-refractivity contribution in [3.8, 4) is 0 Å². The molecule has 1 N–H and O–H groups in total. The molecule has 0 bridgehead atoms. The van der Waals surface area contributed by atoms with Gasteiger partial charge in [-0.15, -0.1) is 0 Å². The summed E-state index contributed by atoms with van der Waals surface area (Å²) in [4.78, 5) is 26.6. The van der Waals surface area contributed by atoms with Crippen LogP contribution in [-0.2, 0) is 9.53 Å². The van der Waals surface area contributed by atoms with Gasteiger partial charge >= 0.3 is 6.09 Å². The first-order valence-electron chi connectivity index (χ1n) is 8.86. The predicted molar refractivity (Wildman–Crippen MR) is 99.2 cm³/mol. The molecule has 1 aromatic carbocycles. The summed E-state index contributed by atoms with van der Waals surface area (Å²) < 4.78 is 20.0. The minimum atomic E-state index is -0.514. The lowest BCUT2D eigenvalue weighted by atomic mass is 10.0. The van der Waals surface area contributed by atoms with Crippen molar-refractivity contribution in [3.63, 3.8) is 0 Å². The van der Waals surface area contributed by atoms with Crippen LogP contribution in [0.15, 0.2) is 18.2 Å². The van der Waals surface area contributed by atoms with Crippen LogP contribution in [0.1, 0.15) is 6.92 Å². The number of nitrogens with zero attached hydrogens (tertiary/aromatic N) is 2. The van der Waals surface area contributed by atoms with E-state index < -0.39 is 12.2 Å². The average Bonchev–Trinajstić information content (AvgIpc) is 3.27. The number of cyclic esters (lactones) is 1. The van der Waals surface area contributed by atoms with Crippen molar-refractivity contribution in [2.45, 2.75) is 13.0 Å². The molecular weight excluding hydrogens is 357 g/mol. The smallest absolute Gasteiger partial charge is 0.414 e. The van der Waals surface area contributed by atoms with E-state index >= 15 is 0 Å². The molecule has 3 saturated heterocycles. The Morgan fingerprint density at radius 3 is 2.69 bits per heavy atom. The highest BCUT2D eigenvalue weighted by Gasteiger charge is 2.38. The van der Waals surface area contributed by atoms with Crippen molar-refractivity contribution >= 4 is 35.1 Å². The fourth-order valence-electron chi connectivity index (χ4n) is 3.90. The Balaban J connectivity index is 1.44. The molecule has 4 rings (SSSR count). The number of rotatable bonds is 4. The lowest BCUT2D eigenvalue weighted by Crippen LogP contribution is -2.33. The van der Waals surface area contributed by atoms with Crippen LogP contribution in [0.2, 0.25) is 0 Å². The van der Waals surface area contributed by atoms with Gasteiger partial charge in [0, 0.05) is 20.0 Å². The molecule has 2 amide bonds. The quantitative estimate of drug-likeness (QED) is 0.868. The van der Waals surface area contributed by atoms with Gasteiger partial charge in [0.1, 0.15) is 11.9 Å². The summed E-state index contributed by atoms with van der Waals surface area (Å²) in [5.74, 6) is 3.15. The number of ether oxygens (including phenoxy) is 1. The maximum Gasteiger partial charge on any atom is 0.414 e. The molecule has 3 atom stereocenters. The first-order chi connectivity index (χ1) is 12.5. The summed E-state index contributed by atoms with van der Waals surface area (Å²) in [5.41, 5.74) is 1.09. The van der Waals surface area contributed by atoms with Crippen LogP contribution in [0.3, 0.4) is 0 Å². The standard InChI is InChI=1S/C18H22FN3O3S/c1-11(23)20-5-15-8-22(18(24)25-15)14-2-3-17(16(19)4-14)21-6-12-9-26-10-13(12)7-21/h2-4,12-13,15H,5-10H2,1H3,(H,20,23). The van der Waals surface area contributed by atoms with E-state index in [2.05, 4.69) is 10.2 Å². The monoisotopic (exact) mass is 379 g/mol. The zero-order valence-electron chi connectivity index (χ0n) is 14.6. The van der Waals surface area contributed by atoms with Crippen LogP contribution in [0.4, 0.5) is 20.6 Å². The molecular formula is C18H22FN3O3S. The van der Waals surface area contributed by atoms with Crippen LogP contribution in [-0.4, -0.2) is 55.8 Å². The summed E-state index contributed by atoms with van der Waals surface area (Å²) in [6.45, 7) is 3.76. The first-order valence-corrected chi connectivity index (χ1v) is 10.0. The maximum atomic E-state index is 14.7. The minimum absolute atomic E-state index is 0.177. The summed E-state index contributed by atoms with van der Waals surface area (Å²) in [5, 5.41) is 2.63. The Bertz CT molecular complexity index is 720. The molecule has 26 heavy (non-hydrogen) atoms. The first kappa shape index (κ1) is 17.5. The number of halogens is 1. The Hall–Kier alpha value is -1.96. The van der Waals surface area contributed by atoms with Crippen molar-refractivity contribution < 1.29 is 18.7 Å². The number of hydrogen-bond donors (Lipinski definition) is 1. The number of fused-ring (bicyclic) bond motifs is 1. The van der Waals surface area contributed by atoms with Crippen molar-refractivity contribution in [1.82, 2.24) is 5.32 Å². The molecule has 0 spiro atoms. The van der Waals surface area contributed by atoms with Crippen molar-refractivity contribution in [2.75, 3.05) is 47.5 Å². The molecule has 0 aliphatic carbocycles. The summed E-state index contributed by atoms with van der Waals surface area (Å²) in [6, 6.07) is 4.93. The van der Waals surface area contributed by atoms with Crippen LogP contribution in [0.25, 0.3) is 0 Å². The van der Waals surface area contributed by atoms with Gasteiger partial charge in [0.15, 0.2) is 0 Å². The van der Waals surface area contributed by atoms with E-state index in [9.17, 15) is 14.0 Å². The van der Waals surface area contributed by atoms with E-state index in [0.29, 0.717) is 29.8 Å². The zero-order chi connectivity index (χ0) is 18.3. The highest BCUT2D eigenvalue weighted by Crippen LogP contribution is 2.39. The molecule has 0 saturated carbocycles. The number of benzene rings is 1. The van der Waals surface area contributed by atoms with Gasteiger partial charge in [-0.3, -0.25) is 9.69 Å². The van der Waals surface area contributed by atoms with E-state index in [1.807, 2.05) is 11.8 Å². The van der Waals surface area contributed by atoms with Crippen LogP contribution < -0.4 is 15.1 Å². The number of anilines is 2. The van der Waals surface area contributed by atoms with Crippen LogP contribution >= 0.6 is 11.8 Å². The van der Waals surface area contributed by atoms with E-state index in [-0.39, 0.29) is 18.3 Å². The zero-order valence-corrected chi connectivity index (χ0v) is 15.4. The van der Waals surface area contributed by atoms with E-state index in [1.165, 1.54) is 17.9 Å². The molecule has 3 heterocycles. The summed E-state index contributed by atoms with van der Waals surface area (Å²) in [6.07, 6.45) is -0.940. The average molecular weight is 379 g/mol. The molecule has 0 aromatic heterocycles. The Kier molecular flexibility index (Phi) is 4.69. The van der Waals surface area contributed by atoms with Gasteiger partial charge in [0.2, 0.25) is 5.91 Å². The van der Waals surface area contributed by atoms with Crippen LogP contribution in [0.5, 0.6) is 0 Å². The lowest BCUT2D eigenvalue weighted by molar-refractivity contribution is -0.119. The molecule has 3 aliphatic heterocycles. The lowest BCUT2D eigenvalue weighted by Gasteiger charge is -2.22. The van der Waals surface area contributed by atoms with Crippen molar-refractivity contribution in [1.29, 1.82) is 0 Å². The molecule has 0 radical (unpaired) electrons. The Morgan fingerprint density at radius 1 is 1.31 bits per heavy atom. The molecule has 1 aromatic rings. The van der Waals surface area contributed by atoms with Gasteiger partial charge in [-0.1, -0.05) is 0 Å². The molecule has 140 valence electrons. The summed E-state index contributed by atoms with van der Waals surface area (Å²) in [7, 11) is 0. The fourth-order valence-corrected chi connectivity index (χ4v) is 5.40. The Morgan fingerprint density at radius 2 is 2.04 bits per heavy atom. The SMILES string of the molecule is CC(=O)NCC1CN(c2ccc(N3CC4CSCC4C3)c(F)c2)C(=O)O1.